The number of rotatable bonds is 3. The zero-order chi connectivity index (χ0) is 20.3. The van der Waals surface area contributed by atoms with Crippen LogP contribution in [0.5, 0.6) is 0 Å². The van der Waals surface area contributed by atoms with Crippen LogP contribution in [0.4, 0.5) is 19.0 Å². The van der Waals surface area contributed by atoms with E-state index in [1.54, 1.807) is 4.90 Å². The summed E-state index contributed by atoms with van der Waals surface area (Å²) in [5.41, 5.74) is 4.75. The van der Waals surface area contributed by atoms with E-state index in [-0.39, 0.29) is 11.6 Å². The van der Waals surface area contributed by atoms with E-state index < -0.39 is 17.6 Å². The van der Waals surface area contributed by atoms with Crippen molar-refractivity contribution in [3.8, 4) is 0 Å². The lowest BCUT2D eigenvalue weighted by Gasteiger charge is -2.23. The maximum atomic E-state index is 12.7. The predicted octanol–water partition coefficient (Wildman–Crippen LogP) is 1.95. The number of primary amides is 1. The smallest absolute Gasteiger partial charge is 0.364 e. The van der Waals surface area contributed by atoms with Gasteiger partial charge in [-0.1, -0.05) is 0 Å². The van der Waals surface area contributed by atoms with Crippen molar-refractivity contribution in [3.05, 3.63) is 53.5 Å². The molecule has 0 bridgehead atoms. The molecule has 1 aliphatic rings. The van der Waals surface area contributed by atoms with Crippen LogP contribution >= 0.6 is 0 Å². The van der Waals surface area contributed by atoms with Crippen LogP contribution in [0.25, 0.3) is 0 Å². The van der Waals surface area contributed by atoms with Gasteiger partial charge < -0.3 is 15.5 Å². The van der Waals surface area contributed by atoms with Crippen molar-refractivity contribution < 1.29 is 22.8 Å². The van der Waals surface area contributed by atoms with Crippen molar-refractivity contribution in [2.75, 3.05) is 31.1 Å². The largest absolute Gasteiger partial charge is 0.417 e. The SMILES string of the molecule is NC(=O)c1ccc(C(=O)N2CCCN(c3ccc(C(F)(F)F)cn3)CC2)cn1. The topological polar surface area (TPSA) is 92.4 Å². The maximum absolute atomic E-state index is 12.7. The minimum atomic E-state index is -4.42. The van der Waals surface area contributed by atoms with E-state index in [4.69, 9.17) is 5.73 Å². The number of hydrogen-bond donors (Lipinski definition) is 1. The van der Waals surface area contributed by atoms with Crippen LogP contribution in [-0.2, 0) is 6.18 Å². The second kappa shape index (κ2) is 7.83. The highest BCUT2D eigenvalue weighted by molar-refractivity contribution is 5.95. The molecule has 148 valence electrons. The van der Waals surface area contributed by atoms with Crippen molar-refractivity contribution >= 4 is 17.6 Å². The van der Waals surface area contributed by atoms with Gasteiger partial charge in [-0.3, -0.25) is 14.6 Å². The van der Waals surface area contributed by atoms with Crippen LogP contribution in [0.15, 0.2) is 36.7 Å². The summed E-state index contributed by atoms with van der Waals surface area (Å²) in [4.78, 5) is 35.0. The van der Waals surface area contributed by atoms with Crippen molar-refractivity contribution in [2.24, 2.45) is 5.73 Å². The molecule has 7 nitrogen and oxygen atoms in total. The van der Waals surface area contributed by atoms with Gasteiger partial charge in [0.05, 0.1) is 11.1 Å². The summed E-state index contributed by atoms with van der Waals surface area (Å²) in [6.45, 7) is 1.89. The summed E-state index contributed by atoms with van der Waals surface area (Å²) in [5, 5.41) is 0. The Bertz CT molecular complexity index is 853. The van der Waals surface area contributed by atoms with Crippen LogP contribution in [-0.4, -0.2) is 52.9 Å². The monoisotopic (exact) mass is 393 g/mol. The third kappa shape index (κ3) is 4.38. The highest BCUT2D eigenvalue weighted by atomic mass is 19.4. The van der Waals surface area contributed by atoms with Gasteiger partial charge in [0.15, 0.2) is 0 Å². The van der Waals surface area contributed by atoms with E-state index in [0.29, 0.717) is 44.0 Å². The molecular formula is C18H18F3N5O2. The molecule has 2 aromatic rings. The number of amides is 2. The van der Waals surface area contributed by atoms with E-state index in [0.717, 1.165) is 12.3 Å². The average molecular weight is 393 g/mol. The number of halogens is 3. The van der Waals surface area contributed by atoms with E-state index in [2.05, 4.69) is 9.97 Å². The first kappa shape index (κ1) is 19.6. The Balaban J connectivity index is 1.66. The summed E-state index contributed by atoms with van der Waals surface area (Å²) < 4.78 is 38.0. The van der Waals surface area contributed by atoms with Crippen LogP contribution < -0.4 is 10.6 Å². The highest BCUT2D eigenvalue weighted by Crippen LogP contribution is 2.29. The predicted molar refractivity (Wildman–Crippen MR) is 94.7 cm³/mol. The van der Waals surface area contributed by atoms with Crippen molar-refractivity contribution in [3.63, 3.8) is 0 Å². The molecule has 1 aliphatic heterocycles. The van der Waals surface area contributed by atoms with Gasteiger partial charge in [-0.05, 0) is 30.7 Å². The molecule has 1 saturated heterocycles. The van der Waals surface area contributed by atoms with E-state index in [1.165, 1.54) is 24.4 Å². The van der Waals surface area contributed by atoms with Crippen LogP contribution in [0.1, 0.15) is 32.8 Å². The fourth-order valence-corrected chi connectivity index (χ4v) is 2.94. The quantitative estimate of drug-likeness (QED) is 0.861. The lowest BCUT2D eigenvalue weighted by molar-refractivity contribution is -0.137. The molecule has 0 spiro atoms. The van der Waals surface area contributed by atoms with Crippen LogP contribution in [0.3, 0.4) is 0 Å². The standard InChI is InChI=1S/C18H18F3N5O2/c19-18(20,21)13-3-5-15(24-11-13)25-6-1-7-26(9-8-25)17(28)12-2-4-14(16(22)27)23-10-12/h2-5,10-11H,1,6-9H2,(H2,22,27). The van der Waals surface area contributed by atoms with E-state index in [9.17, 15) is 22.8 Å². The summed E-state index contributed by atoms with van der Waals surface area (Å²) in [7, 11) is 0. The molecular weight excluding hydrogens is 375 g/mol. The number of nitrogens with two attached hydrogens (primary N) is 1. The number of carbonyl (C=O) groups is 2. The van der Waals surface area contributed by atoms with E-state index in [1.807, 2.05) is 4.90 Å². The van der Waals surface area contributed by atoms with Crippen molar-refractivity contribution in [2.45, 2.75) is 12.6 Å². The van der Waals surface area contributed by atoms with Gasteiger partial charge in [0.2, 0.25) is 0 Å². The lowest BCUT2D eigenvalue weighted by Crippen LogP contribution is -2.35. The van der Waals surface area contributed by atoms with Gasteiger partial charge in [0, 0.05) is 38.6 Å². The number of hydrogen-bond acceptors (Lipinski definition) is 5. The van der Waals surface area contributed by atoms with Gasteiger partial charge in [-0.2, -0.15) is 13.2 Å². The molecule has 10 heteroatoms. The minimum absolute atomic E-state index is 0.0759. The molecule has 2 N–H and O–H groups in total. The summed E-state index contributed by atoms with van der Waals surface area (Å²) in [6, 6.07) is 5.23. The lowest BCUT2D eigenvalue weighted by atomic mass is 10.2. The molecule has 3 heterocycles. The molecule has 28 heavy (non-hydrogen) atoms. The summed E-state index contributed by atoms with van der Waals surface area (Å²) in [5.74, 6) is -0.464. The van der Waals surface area contributed by atoms with Gasteiger partial charge in [-0.15, -0.1) is 0 Å². The van der Waals surface area contributed by atoms with Gasteiger partial charge in [-0.25, -0.2) is 4.98 Å². The second-order valence-corrected chi connectivity index (χ2v) is 6.33. The number of alkyl halides is 3. The van der Waals surface area contributed by atoms with E-state index >= 15 is 0 Å². The van der Waals surface area contributed by atoms with Crippen molar-refractivity contribution in [1.29, 1.82) is 0 Å². The molecule has 2 aromatic heterocycles. The molecule has 2 amide bonds. The zero-order valence-corrected chi connectivity index (χ0v) is 14.8. The Morgan fingerprint density at radius 3 is 2.32 bits per heavy atom. The maximum Gasteiger partial charge on any atom is 0.417 e. The zero-order valence-electron chi connectivity index (χ0n) is 14.8. The first-order chi connectivity index (χ1) is 13.3. The molecule has 1 fully saturated rings. The number of nitrogens with zero attached hydrogens (tertiary/aromatic N) is 4. The van der Waals surface area contributed by atoms with Crippen LogP contribution in [0.2, 0.25) is 0 Å². The molecule has 0 radical (unpaired) electrons. The number of carbonyl (C=O) groups excluding carboxylic acids is 2. The Morgan fingerprint density at radius 2 is 1.75 bits per heavy atom. The number of anilines is 1. The average Bonchev–Trinajstić information content (AvgIpc) is 2.93. The Hall–Kier alpha value is -3.17. The molecule has 0 aliphatic carbocycles. The first-order valence-electron chi connectivity index (χ1n) is 8.59. The number of aromatic nitrogens is 2. The van der Waals surface area contributed by atoms with Crippen molar-refractivity contribution in [1.82, 2.24) is 14.9 Å². The first-order valence-corrected chi connectivity index (χ1v) is 8.59. The minimum Gasteiger partial charge on any atom is -0.364 e. The molecule has 0 atom stereocenters. The second-order valence-electron chi connectivity index (χ2n) is 6.33. The van der Waals surface area contributed by atoms with Crippen LogP contribution in [0, 0.1) is 0 Å². The third-order valence-corrected chi connectivity index (χ3v) is 4.45. The fraction of sp³-hybridized carbons (Fsp3) is 0.333. The van der Waals surface area contributed by atoms with Gasteiger partial charge in [0.25, 0.3) is 11.8 Å². The molecule has 0 aromatic carbocycles. The van der Waals surface area contributed by atoms with Gasteiger partial charge in [0.1, 0.15) is 11.5 Å². The third-order valence-electron chi connectivity index (χ3n) is 4.45. The molecule has 0 saturated carbocycles. The Morgan fingerprint density at radius 1 is 0.964 bits per heavy atom. The fourth-order valence-electron chi connectivity index (χ4n) is 2.94. The Kier molecular flexibility index (Phi) is 5.48. The Labute approximate surface area is 159 Å². The molecule has 0 unspecified atom stereocenters. The molecule has 3 rings (SSSR count). The summed E-state index contributed by atoms with van der Waals surface area (Å²) in [6.07, 6.45) is -1.66. The number of pyridine rings is 2. The normalized spacial score (nSPS) is 15.2. The summed E-state index contributed by atoms with van der Waals surface area (Å²) >= 11 is 0. The van der Waals surface area contributed by atoms with Gasteiger partial charge >= 0.3 is 6.18 Å². The highest BCUT2D eigenvalue weighted by Gasteiger charge is 2.31.